The molecular formula is C18H20BrF2NS. The van der Waals surface area contributed by atoms with Crippen LogP contribution in [0.3, 0.4) is 0 Å². The van der Waals surface area contributed by atoms with Crippen LogP contribution >= 0.6 is 27.9 Å². The van der Waals surface area contributed by atoms with Crippen molar-refractivity contribution >= 4 is 27.9 Å². The second-order valence-corrected chi connectivity index (χ2v) is 8.15. The zero-order valence-electron chi connectivity index (χ0n) is 13.1. The zero-order chi connectivity index (χ0) is 16.4. The number of halogens is 3. The van der Waals surface area contributed by atoms with Crippen LogP contribution in [0.4, 0.5) is 8.78 Å². The first-order valence-electron chi connectivity index (χ1n) is 8.02. The Labute approximate surface area is 149 Å². The molecule has 0 unspecified atom stereocenters. The minimum atomic E-state index is -0.423. The first kappa shape index (κ1) is 17.0. The van der Waals surface area contributed by atoms with Gasteiger partial charge in [-0.05, 0) is 77.8 Å². The van der Waals surface area contributed by atoms with Crippen LogP contribution in [-0.4, -0.2) is 4.31 Å². The van der Waals surface area contributed by atoms with Gasteiger partial charge < -0.3 is 4.31 Å². The molecule has 5 heteroatoms. The van der Waals surface area contributed by atoms with Gasteiger partial charge in [0.2, 0.25) is 0 Å². The van der Waals surface area contributed by atoms with Crippen LogP contribution in [-0.2, 0) is 6.54 Å². The Kier molecular flexibility index (Phi) is 5.47. The van der Waals surface area contributed by atoms with Crippen molar-refractivity contribution in [2.24, 2.45) is 5.92 Å². The van der Waals surface area contributed by atoms with E-state index < -0.39 is 5.82 Å². The molecule has 1 aliphatic heterocycles. The van der Waals surface area contributed by atoms with Gasteiger partial charge in [0, 0.05) is 16.2 Å². The molecular weight excluding hydrogens is 380 g/mol. The lowest BCUT2D eigenvalue weighted by molar-refractivity contribution is 0.412. The third kappa shape index (κ3) is 4.00. The van der Waals surface area contributed by atoms with Gasteiger partial charge in [-0.2, -0.15) is 0 Å². The van der Waals surface area contributed by atoms with Crippen LogP contribution in [0.25, 0.3) is 0 Å². The molecule has 1 aromatic carbocycles. The molecule has 1 heterocycles. The van der Waals surface area contributed by atoms with Crippen LogP contribution in [0, 0.1) is 17.6 Å². The summed E-state index contributed by atoms with van der Waals surface area (Å²) in [4.78, 5) is 1.35. The number of rotatable bonds is 3. The second-order valence-electron chi connectivity index (χ2n) is 6.20. The van der Waals surface area contributed by atoms with E-state index in [1.54, 1.807) is 11.9 Å². The highest BCUT2D eigenvalue weighted by molar-refractivity contribution is 9.10. The molecule has 0 atom stereocenters. The lowest BCUT2D eigenvalue weighted by atomic mass is 9.89. The van der Waals surface area contributed by atoms with Gasteiger partial charge in [-0.15, -0.1) is 0 Å². The molecule has 1 aromatic rings. The van der Waals surface area contributed by atoms with Crippen LogP contribution in [0.15, 0.2) is 39.4 Å². The largest absolute Gasteiger partial charge is 0.312 e. The summed E-state index contributed by atoms with van der Waals surface area (Å²) in [7, 11) is 0. The minimum absolute atomic E-state index is 0.167. The molecule has 3 rings (SSSR count). The van der Waals surface area contributed by atoms with Crippen molar-refractivity contribution in [3.05, 3.63) is 56.6 Å². The molecule has 23 heavy (non-hydrogen) atoms. The van der Waals surface area contributed by atoms with Gasteiger partial charge in [0.05, 0.1) is 11.0 Å². The molecule has 0 bridgehead atoms. The van der Waals surface area contributed by atoms with Gasteiger partial charge in [0.25, 0.3) is 0 Å². The van der Waals surface area contributed by atoms with Gasteiger partial charge in [-0.1, -0.05) is 19.3 Å². The predicted molar refractivity (Wildman–Crippen MR) is 95.6 cm³/mol. The molecule has 0 amide bonds. The van der Waals surface area contributed by atoms with E-state index in [1.807, 2.05) is 6.92 Å². The molecule has 0 saturated heterocycles. The Bertz CT molecular complexity index is 651. The summed E-state index contributed by atoms with van der Waals surface area (Å²) in [6.45, 7) is 2.38. The average molecular weight is 400 g/mol. The summed E-state index contributed by atoms with van der Waals surface area (Å²) in [5.41, 5.74) is 1.45. The Balaban J connectivity index is 1.75. The van der Waals surface area contributed by atoms with Gasteiger partial charge in [-0.3, -0.25) is 0 Å². The maximum absolute atomic E-state index is 14.1. The quantitative estimate of drug-likeness (QED) is 0.418. The maximum atomic E-state index is 14.1. The summed E-state index contributed by atoms with van der Waals surface area (Å²) in [6, 6.07) is 2.49. The topological polar surface area (TPSA) is 3.24 Å². The molecule has 1 fully saturated rings. The molecule has 0 aromatic heterocycles. The van der Waals surface area contributed by atoms with E-state index in [2.05, 4.69) is 32.4 Å². The lowest BCUT2D eigenvalue weighted by Gasteiger charge is -2.32. The fourth-order valence-corrected chi connectivity index (χ4v) is 4.60. The first-order chi connectivity index (χ1) is 11.0. The monoisotopic (exact) mass is 399 g/mol. The summed E-state index contributed by atoms with van der Waals surface area (Å²) < 4.78 is 30.0. The van der Waals surface area contributed by atoms with E-state index in [1.165, 1.54) is 49.1 Å². The number of benzene rings is 1. The van der Waals surface area contributed by atoms with Crippen LogP contribution < -0.4 is 0 Å². The standard InChI is InChI=1S/C18H20BrF2NS/c1-12-7-8-18(13-5-3-2-4-6-13)23-22(12)11-14-9-17(21)15(19)10-16(14)20/h7-10,13H,2-6,11H2,1H3. The van der Waals surface area contributed by atoms with Gasteiger partial charge in [0.15, 0.2) is 0 Å². The van der Waals surface area contributed by atoms with E-state index in [4.69, 9.17) is 0 Å². The SMILES string of the molecule is CC1=CC=C(C2CCCCC2)SN1Cc1cc(F)c(Br)cc1F. The molecule has 0 N–H and O–H groups in total. The highest BCUT2D eigenvalue weighted by atomic mass is 79.9. The third-order valence-electron chi connectivity index (χ3n) is 4.51. The number of allylic oxidation sites excluding steroid dienone is 4. The average Bonchev–Trinajstić information content (AvgIpc) is 2.55. The van der Waals surface area contributed by atoms with Crippen LogP contribution in [0.5, 0.6) is 0 Å². The van der Waals surface area contributed by atoms with E-state index in [9.17, 15) is 8.78 Å². The van der Waals surface area contributed by atoms with Crippen molar-refractivity contribution < 1.29 is 8.78 Å². The highest BCUT2D eigenvalue weighted by Crippen LogP contribution is 2.41. The Hall–Kier alpha value is -0.810. The summed E-state index contributed by atoms with van der Waals surface area (Å²) in [5, 5.41) is 0. The first-order valence-corrected chi connectivity index (χ1v) is 9.58. The fraction of sp³-hybridized carbons (Fsp3) is 0.444. The third-order valence-corrected chi connectivity index (χ3v) is 6.43. The van der Waals surface area contributed by atoms with Crippen molar-refractivity contribution in [2.75, 3.05) is 0 Å². The van der Waals surface area contributed by atoms with Crippen molar-refractivity contribution in [2.45, 2.75) is 45.6 Å². The van der Waals surface area contributed by atoms with Gasteiger partial charge in [-0.25, -0.2) is 8.78 Å². The van der Waals surface area contributed by atoms with E-state index in [0.717, 1.165) is 5.70 Å². The number of hydrogen-bond acceptors (Lipinski definition) is 2. The van der Waals surface area contributed by atoms with E-state index in [0.29, 0.717) is 18.0 Å². The van der Waals surface area contributed by atoms with Gasteiger partial charge in [0.1, 0.15) is 11.6 Å². The van der Waals surface area contributed by atoms with Crippen molar-refractivity contribution in [3.8, 4) is 0 Å². The van der Waals surface area contributed by atoms with E-state index in [-0.39, 0.29) is 10.3 Å². The predicted octanol–water partition coefficient (Wildman–Crippen LogP) is 6.56. The maximum Gasteiger partial charge on any atom is 0.137 e. The Morgan fingerprint density at radius 2 is 1.87 bits per heavy atom. The van der Waals surface area contributed by atoms with Crippen molar-refractivity contribution in [1.29, 1.82) is 0 Å². The minimum Gasteiger partial charge on any atom is -0.312 e. The molecule has 0 radical (unpaired) electrons. The Morgan fingerprint density at radius 1 is 1.13 bits per heavy atom. The fourth-order valence-electron chi connectivity index (χ4n) is 3.11. The highest BCUT2D eigenvalue weighted by Gasteiger charge is 2.24. The Morgan fingerprint density at radius 3 is 2.61 bits per heavy atom. The lowest BCUT2D eigenvalue weighted by Crippen LogP contribution is -2.19. The summed E-state index contributed by atoms with van der Waals surface area (Å²) in [5.74, 6) is -0.180. The van der Waals surface area contributed by atoms with Crippen molar-refractivity contribution in [3.63, 3.8) is 0 Å². The molecule has 0 spiro atoms. The molecule has 2 aliphatic rings. The smallest absolute Gasteiger partial charge is 0.137 e. The van der Waals surface area contributed by atoms with Gasteiger partial charge >= 0.3 is 0 Å². The number of hydrogen-bond donors (Lipinski definition) is 0. The second kappa shape index (κ2) is 7.39. The summed E-state index contributed by atoms with van der Waals surface area (Å²) >= 11 is 4.71. The molecule has 124 valence electrons. The van der Waals surface area contributed by atoms with Crippen LogP contribution in [0.1, 0.15) is 44.6 Å². The van der Waals surface area contributed by atoms with E-state index >= 15 is 0 Å². The molecule has 1 saturated carbocycles. The molecule has 1 nitrogen and oxygen atoms in total. The molecule has 1 aliphatic carbocycles. The zero-order valence-corrected chi connectivity index (χ0v) is 15.5. The normalized spacial score (nSPS) is 19.6. The number of nitrogens with zero attached hydrogens (tertiary/aromatic N) is 1. The van der Waals surface area contributed by atoms with Crippen molar-refractivity contribution in [1.82, 2.24) is 4.31 Å². The summed E-state index contributed by atoms with van der Waals surface area (Å²) in [6.07, 6.45) is 10.7. The van der Waals surface area contributed by atoms with Crippen LogP contribution in [0.2, 0.25) is 0 Å².